The number of methoxy groups -OCH3 is 2. The Hall–Kier alpha value is -2.69. The number of hydrogen-bond donors (Lipinski definition) is 1. The molecule has 2 aromatic rings. The lowest BCUT2D eigenvalue weighted by atomic mass is 10.1. The monoisotopic (exact) mass is 328 g/mol. The smallest absolute Gasteiger partial charge is 0.251 e. The Morgan fingerprint density at radius 1 is 1.00 bits per heavy atom. The number of benzene rings is 2. The SMILES string of the molecule is COc1ccc(C(C)NC(=O)c2ccc(N(C)C)cc2)cc1OC. The van der Waals surface area contributed by atoms with Gasteiger partial charge in [0, 0.05) is 25.3 Å². The molecular formula is C19H24N2O3. The van der Waals surface area contributed by atoms with Crippen LogP contribution in [0.1, 0.15) is 28.9 Å². The van der Waals surface area contributed by atoms with Crippen molar-refractivity contribution in [3.8, 4) is 11.5 Å². The molecule has 5 heteroatoms. The van der Waals surface area contributed by atoms with Crippen LogP contribution in [0.25, 0.3) is 0 Å². The number of anilines is 1. The molecule has 0 radical (unpaired) electrons. The highest BCUT2D eigenvalue weighted by atomic mass is 16.5. The predicted octanol–water partition coefficient (Wildman–Crippen LogP) is 3.26. The maximum atomic E-state index is 12.4. The van der Waals surface area contributed by atoms with Gasteiger partial charge in [0.15, 0.2) is 11.5 Å². The first-order chi connectivity index (χ1) is 11.5. The van der Waals surface area contributed by atoms with Gasteiger partial charge in [-0.3, -0.25) is 4.79 Å². The fourth-order valence-electron chi connectivity index (χ4n) is 2.40. The van der Waals surface area contributed by atoms with Crippen LogP contribution >= 0.6 is 0 Å². The second kappa shape index (κ2) is 7.73. The molecule has 0 fully saturated rings. The van der Waals surface area contributed by atoms with E-state index in [1.165, 1.54) is 0 Å². The average molecular weight is 328 g/mol. The molecule has 1 atom stereocenters. The zero-order chi connectivity index (χ0) is 17.7. The summed E-state index contributed by atoms with van der Waals surface area (Å²) in [4.78, 5) is 14.4. The maximum absolute atomic E-state index is 12.4. The first-order valence-electron chi connectivity index (χ1n) is 7.76. The first-order valence-corrected chi connectivity index (χ1v) is 7.76. The molecule has 1 unspecified atom stereocenters. The van der Waals surface area contributed by atoms with Crippen molar-refractivity contribution in [1.82, 2.24) is 5.32 Å². The van der Waals surface area contributed by atoms with Crippen LogP contribution in [-0.4, -0.2) is 34.2 Å². The van der Waals surface area contributed by atoms with Gasteiger partial charge in [-0.15, -0.1) is 0 Å². The van der Waals surface area contributed by atoms with Gasteiger partial charge in [0.2, 0.25) is 0 Å². The minimum atomic E-state index is -0.147. The summed E-state index contributed by atoms with van der Waals surface area (Å²) in [6.45, 7) is 1.94. The van der Waals surface area contributed by atoms with Gasteiger partial charge in [-0.1, -0.05) is 6.07 Å². The minimum absolute atomic E-state index is 0.109. The molecule has 2 rings (SSSR count). The van der Waals surface area contributed by atoms with Crippen LogP contribution in [0.4, 0.5) is 5.69 Å². The molecule has 1 N–H and O–H groups in total. The lowest BCUT2D eigenvalue weighted by molar-refractivity contribution is 0.0940. The third-order valence-electron chi connectivity index (χ3n) is 3.90. The van der Waals surface area contributed by atoms with Crippen LogP contribution in [-0.2, 0) is 0 Å². The van der Waals surface area contributed by atoms with Gasteiger partial charge < -0.3 is 19.7 Å². The Labute approximate surface area is 143 Å². The average Bonchev–Trinajstić information content (AvgIpc) is 2.60. The number of nitrogens with zero attached hydrogens (tertiary/aromatic N) is 1. The summed E-state index contributed by atoms with van der Waals surface area (Å²) in [5.74, 6) is 1.20. The van der Waals surface area contributed by atoms with E-state index in [9.17, 15) is 4.79 Å². The van der Waals surface area contributed by atoms with Crippen LogP contribution in [0.3, 0.4) is 0 Å². The number of rotatable bonds is 6. The van der Waals surface area contributed by atoms with Crippen LogP contribution in [0.2, 0.25) is 0 Å². The van der Waals surface area contributed by atoms with E-state index in [2.05, 4.69) is 5.32 Å². The highest BCUT2D eigenvalue weighted by Crippen LogP contribution is 2.30. The van der Waals surface area contributed by atoms with Crippen molar-refractivity contribution in [2.24, 2.45) is 0 Å². The number of amides is 1. The highest BCUT2D eigenvalue weighted by Gasteiger charge is 2.14. The van der Waals surface area contributed by atoms with Crippen molar-refractivity contribution in [3.05, 3.63) is 53.6 Å². The van der Waals surface area contributed by atoms with Gasteiger partial charge >= 0.3 is 0 Å². The standard InChI is InChI=1S/C19H24N2O3/c1-13(15-8-11-17(23-4)18(12-15)24-5)20-19(22)14-6-9-16(10-7-14)21(2)3/h6-13H,1-5H3,(H,20,22). The largest absolute Gasteiger partial charge is 0.493 e. The normalized spacial score (nSPS) is 11.5. The summed E-state index contributed by atoms with van der Waals surface area (Å²) >= 11 is 0. The molecule has 5 nitrogen and oxygen atoms in total. The van der Waals surface area contributed by atoms with Crippen LogP contribution in [0.5, 0.6) is 11.5 Å². The van der Waals surface area contributed by atoms with Crippen molar-refractivity contribution in [2.75, 3.05) is 33.2 Å². The van der Waals surface area contributed by atoms with Gasteiger partial charge in [-0.2, -0.15) is 0 Å². The molecule has 2 aromatic carbocycles. The van der Waals surface area contributed by atoms with Crippen LogP contribution in [0.15, 0.2) is 42.5 Å². The van der Waals surface area contributed by atoms with E-state index in [0.29, 0.717) is 17.1 Å². The van der Waals surface area contributed by atoms with E-state index in [4.69, 9.17) is 9.47 Å². The van der Waals surface area contributed by atoms with Crippen molar-refractivity contribution in [2.45, 2.75) is 13.0 Å². The molecule has 0 heterocycles. The maximum Gasteiger partial charge on any atom is 0.251 e. The Morgan fingerprint density at radius 3 is 2.17 bits per heavy atom. The topological polar surface area (TPSA) is 50.8 Å². The fourth-order valence-corrected chi connectivity index (χ4v) is 2.40. The summed E-state index contributed by atoms with van der Waals surface area (Å²) in [5, 5.41) is 3.00. The minimum Gasteiger partial charge on any atom is -0.493 e. The Balaban J connectivity index is 2.11. The molecule has 0 aliphatic carbocycles. The lowest BCUT2D eigenvalue weighted by Crippen LogP contribution is -2.26. The fraction of sp³-hybridized carbons (Fsp3) is 0.316. The highest BCUT2D eigenvalue weighted by molar-refractivity contribution is 5.94. The number of nitrogens with one attached hydrogen (secondary N) is 1. The summed E-state index contributed by atoms with van der Waals surface area (Å²) in [6, 6.07) is 13.0. The molecule has 1 amide bonds. The quantitative estimate of drug-likeness (QED) is 0.884. The molecular weight excluding hydrogens is 304 g/mol. The molecule has 0 saturated carbocycles. The van der Waals surface area contributed by atoms with Gasteiger partial charge in [0.1, 0.15) is 0 Å². The van der Waals surface area contributed by atoms with Gasteiger partial charge in [0.25, 0.3) is 5.91 Å². The summed E-state index contributed by atoms with van der Waals surface area (Å²) in [7, 11) is 7.12. The molecule has 24 heavy (non-hydrogen) atoms. The van der Waals surface area contributed by atoms with E-state index >= 15 is 0 Å². The second-order valence-electron chi connectivity index (χ2n) is 5.75. The molecule has 0 saturated heterocycles. The van der Waals surface area contributed by atoms with E-state index < -0.39 is 0 Å². The van der Waals surface area contributed by atoms with Crippen molar-refractivity contribution >= 4 is 11.6 Å². The van der Waals surface area contributed by atoms with E-state index in [0.717, 1.165) is 11.3 Å². The van der Waals surface area contributed by atoms with Crippen LogP contribution in [0, 0.1) is 0 Å². The third-order valence-corrected chi connectivity index (χ3v) is 3.90. The number of ether oxygens (including phenoxy) is 2. The lowest BCUT2D eigenvalue weighted by Gasteiger charge is -2.17. The van der Waals surface area contributed by atoms with E-state index in [1.54, 1.807) is 14.2 Å². The molecule has 0 aliphatic heterocycles. The Bertz CT molecular complexity index is 696. The number of carbonyl (C=O) groups excluding carboxylic acids is 1. The first kappa shape index (κ1) is 17.7. The van der Waals surface area contributed by atoms with Crippen molar-refractivity contribution < 1.29 is 14.3 Å². The zero-order valence-electron chi connectivity index (χ0n) is 14.8. The molecule has 0 aromatic heterocycles. The second-order valence-corrected chi connectivity index (χ2v) is 5.75. The third kappa shape index (κ3) is 3.98. The molecule has 0 aliphatic rings. The zero-order valence-corrected chi connectivity index (χ0v) is 14.8. The van der Waals surface area contributed by atoms with E-state index in [1.807, 2.05) is 68.4 Å². The number of carbonyl (C=O) groups is 1. The van der Waals surface area contributed by atoms with Gasteiger partial charge in [-0.25, -0.2) is 0 Å². The van der Waals surface area contributed by atoms with Crippen molar-refractivity contribution in [3.63, 3.8) is 0 Å². The predicted molar refractivity (Wildman–Crippen MR) is 96.2 cm³/mol. The van der Waals surface area contributed by atoms with Gasteiger partial charge in [0.05, 0.1) is 20.3 Å². The molecule has 0 spiro atoms. The summed E-state index contributed by atoms with van der Waals surface area (Å²) in [6.07, 6.45) is 0. The van der Waals surface area contributed by atoms with Gasteiger partial charge in [-0.05, 0) is 48.9 Å². The number of hydrogen-bond acceptors (Lipinski definition) is 4. The summed E-state index contributed by atoms with van der Waals surface area (Å²) < 4.78 is 10.5. The molecule has 128 valence electrons. The van der Waals surface area contributed by atoms with Crippen LogP contribution < -0.4 is 19.7 Å². The summed E-state index contributed by atoms with van der Waals surface area (Å²) in [5.41, 5.74) is 2.64. The van der Waals surface area contributed by atoms with E-state index in [-0.39, 0.29) is 11.9 Å². The Morgan fingerprint density at radius 2 is 1.62 bits per heavy atom. The molecule has 0 bridgehead atoms. The Kier molecular flexibility index (Phi) is 5.68. The van der Waals surface area contributed by atoms with Crippen molar-refractivity contribution in [1.29, 1.82) is 0 Å².